The molecule has 2 aromatic heterocycles. The predicted octanol–water partition coefficient (Wildman–Crippen LogP) is 2.74. The zero-order chi connectivity index (χ0) is 18.1. The third-order valence-corrected chi connectivity index (χ3v) is 5.89. The molecule has 5 rings (SSSR count). The van der Waals surface area contributed by atoms with Crippen molar-refractivity contribution >= 4 is 0 Å². The molecule has 142 valence electrons. The molecule has 5 heterocycles. The monoisotopic (exact) mass is 356 g/mol. The maximum atomic E-state index is 4.51. The average molecular weight is 357 g/mol. The summed E-state index contributed by atoms with van der Waals surface area (Å²) in [4.78, 5) is 13.0. The highest BCUT2D eigenvalue weighted by molar-refractivity contribution is 5.11. The van der Waals surface area contributed by atoms with E-state index in [2.05, 4.69) is 56.8 Å². The third kappa shape index (κ3) is 4.01. The average Bonchev–Trinajstić information content (AvgIpc) is 3.08. The Hall–Kier alpha value is -1.66. The van der Waals surface area contributed by atoms with E-state index in [4.69, 9.17) is 0 Å². The van der Waals surface area contributed by atoms with Crippen LogP contribution in [0.4, 0.5) is 0 Å². The highest BCUT2D eigenvalue weighted by atomic mass is 15.3. The minimum atomic E-state index is 0.643. The van der Waals surface area contributed by atoms with E-state index in [0.29, 0.717) is 12.0 Å². The van der Waals surface area contributed by atoms with Crippen LogP contribution in [0.25, 0.3) is 0 Å². The molecule has 3 saturated heterocycles. The van der Waals surface area contributed by atoms with Gasteiger partial charge in [-0.25, -0.2) is 4.98 Å². The molecule has 0 spiro atoms. The maximum Gasteiger partial charge on any atom is 0.0925 e. The molecular weight excluding hydrogens is 324 g/mol. The van der Waals surface area contributed by atoms with Crippen LogP contribution in [0.5, 0.6) is 0 Å². The number of H-pyrrole nitrogens is 2. The number of nitrogens with one attached hydrogen (secondary N) is 2. The van der Waals surface area contributed by atoms with Gasteiger partial charge in [0.2, 0.25) is 0 Å². The molecule has 2 N–H and O–H groups in total. The molecule has 2 bridgehead atoms. The van der Waals surface area contributed by atoms with Crippen molar-refractivity contribution in [3.05, 3.63) is 35.2 Å². The number of fused-ring (bicyclic) bond motifs is 4. The fraction of sp³-hybridized carbons (Fsp3) is 0.700. The highest BCUT2D eigenvalue weighted by Crippen LogP contribution is 2.30. The topological polar surface area (TPSA) is 63.8 Å². The zero-order valence-electron chi connectivity index (χ0n) is 16.3. The second kappa shape index (κ2) is 7.53. The summed E-state index contributed by atoms with van der Waals surface area (Å²) < 4.78 is 0. The molecule has 0 amide bonds. The molecule has 0 aromatic carbocycles. The van der Waals surface area contributed by atoms with Crippen molar-refractivity contribution in [1.29, 1.82) is 0 Å². The number of imidazole rings is 1. The number of aromatic nitrogens is 4. The molecule has 2 atom stereocenters. The first kappa shape index (κ1) is 17.7. The minimum absolute atomic E-state index is 0.643. The van der Waals surface area contributed by atoms with Gasteiger partial charge in [-0.3, -0.25) is 14.9 Å². The van der Waals surface area contributed by atoms with Gasteiger partial charge in [0.1, 0.15) is 0 Å². The van der Waals surface area contributed by atoms with E-state index in [1.807, 2.05) is 6.33 Å². The number of piperidine rings is 1. The van der Waals surface area contributed by atoms with Gasteiger partial charge >= 0.3 is 0 Å². The maximum absolute atomic E-state index is 4.51. The number of hydrogen-bond acceptors (Lipinski definition) is 4. The summed E-state index contributed by atoms with van der Waals surface area (Å²) >= 11 is 0. The molecule has 26 heavy (non-hydrogen) atoms. The molecule has 2 aromatic rings. The Bertz CT molecular complexity index is 717. The molecule has 0 saturated carbocycles. The number of rotatable bonds is 6. The minimum Gasteiger partial charge on any atom is -0.348 e. The van der Waals surface area contributed by atoms with Crippen molar-refractivity contribution in [2.24, 2.45) is 11.8 Å². The molecule has 0 unspecified atom stereocenters. The quantitative estimate of drug-likeness (QED) is 0.835. The van der Waals surface area contributed by atoms with Crippen molar-refractivity contribution in [3.8, 4) is 0 Å². The summed E-state index contributed by atoms with van der Waals surface area (Å²) in [6.45, 7) is 12.1. The van der Waals surface area contributed by atoms with Crippen molar-refractivity contribution in [3.63, 3.8) is 0 Å². The molecular formula is C20H32N6. The van der Waals surface area contributed by atoms with E-state index in [0.717, 1.165) is 32.0 Å². The van der Waals surface area contributed by atoms with Gasteiger partial charge in [-0.15, -0.1) is 0 Å². The van der Waals surface area contributed by atoms with Gasteiger partial charge in [-0.05, 0) is 44.1 Å². The Labute approximate surface area is 156 Å². The molecule has 6 nitrogen and oxygen atoms in total. The van der Waals surface area contributed by atoms with Crippen LogP contribution in [0.1, 0.15) is 49.5 Å². The molecule has 6 heteroatoms. The summed E-state index contributed by atoms with van der Waals surface area (Å²) in [6.07, 6.45) is 5.54. The number of nitrogens with zero attached hydrogens (tertiary/aromatic N) is 4. The number of aromatic amines is 2. The summed E-state index contributed by atoms with van der Waals surface area (Å²) in [6, 6.07) is 2.91. The lowest BCUT2D eigenvalue weighted by Crippen LogP contribution is -2.43. The lowest BCUT2D eigenvalue weighted by Gasteiger charge is -2.35. The van der Waals surface area contributed by atoms with E-state index >= 15 is 0 Å². The SMILES string of the molecule is Cc1[nH]cnc1CN1C[C@@H]2CC[C@H](C1)N(Cc1cc(CC(C)C)n[nH]1)C2. The summed E-state index contributed by atoms with van der Waals surface area (Å²) in [5.41, 5.74) is 4.87. The predicted molar refractivity (Wildman–Crippen MR) is 103 cm³/mol. The first-order valence-electron chi connectivity index (χ1n) is 10.0. The van der Waals surface area contributed by atoms with Crippen molar-refractivity contribution < 1.29 is 0 Å². The fourth-order valence-electron chi connectivity index (χ4n) is 4.59. The molecule has 0 radical (unpaired) electrons. The van der Waals surface area contributed by atoms with Crippen LogP contribution in [0.2, 0.25) is 0 Å². The molecule has 3 fully saturated rings. The van der Waals surface area contributed by atoms with Crippen LogP contribution in [0, 0.1) is 18.8 Å². The molecule has 3 aliphatic heterocycles. The fourth-order valence-corrected chi connectivity index (χ4v) is 4.59. The van der Waals surface area contributed by atoms with Crippen LogP contribution >= 0.6 is 0 Å². The normalized spacial score (nSPS) is 24.5. The Balaban J connectivity index is 1.40. The van der Waals surface area contributed by atoms with E-state index in [9.17, 15) is 0 Å². The van der Waals surface area contributed by atoms with Gasteiger partial charge in [0.15, 0.2) is 0 Å². The summed E-state index contributed by atoms with van der Waals surface area (Å²) in [5, 5.41) is 7.78. The van der Waals surface area contributed by atoms with E-state index in [1.165, 1.54) is 48.7 Å². The first-order chi connectivity index (χ1) is 12.6. The van der Waals surface area contributed by atoms with Crippen LogP contribution in [0.15, 0.2) is 12.4 Å². The van der Waals surface area contributed by atoms with Crippen LogP contribution in [-0.2, 0) is 19.5 Å². The highest BCUT2D eigenvalue weighted by Gasteiger charge is 2.35. The second-order valence-electron chi connectivity index (χ2n) is 8.68. The van der Waals surface area contributed by atoms with Crippen LogP contribution < -0.4 is 0 Å². The molecule has 3 aliphatic rings. The van der Waals surface area contributed by atoms with Gasteiger partial charge in [-0.1, -0.05) is 13.8 Å². The van der Waals surface area contributed by atoms with Gasteiger partial charge in [0.25, 0.3) is 0 Å². The number of hydrogen-bond donors (Lipinski definition) is 2. The Kier molecular flexibility index (Phi) is 5.14. The van der Waals surface area contributed by atoms with Gasteiger partial charge in [0, 0.05) is 50.2 Å². The summed E-state index contributed by atoms with van der Waals surface area (Å²) in [7, 11) is 0. The van der Waals surface area contributed by atoms with Crippen molar-refractivity contribution in [1.82, 2.24) is 30.0 Å². The van der Waals surface area contributed by atoms with Crippen LogP contribution in [0.3, 0.4) is 0 Å². The summed E-state index contributed by atoms with van der Waals surface area (Å²) in [5.74, 6) is 1.42. The Morgan fingerprint density at radius 2 is 2.08 bits per heavy atom. The molecule has 0 aliphatic carbocycles. The van der Waals surface area contributed by atoms with Gasteiger partial charge in [-0.2, -0.15) is 5.10 Å². The third-order valence-electron chi connectivity index (χ3n) is 5.89. The lowest BCUT2D eigenvalue weighted by molar-refractivity contribution is 0.121. The largest absolute Gasteiger partial charge is 0.348 e. The number of aryl methyl sites for hydroxylation is 1. The van der Waals surface area contributed by atoms with E-state index in [1.54, 1.807) is 0 Å². The standard InChI is InChI=1S/C20H32N6/c1-14(2)6-17-7-18(24-23-17)10-26-9-16-4-5-19(26)11-25(8-16)12-20-15(3)21-13-22-20/h7,13-14,16,19H,4-6,8-12H2,1-3H3,(H,21,22)(H,23,24)/t16-,19+/m0/s1. The Morgan fingerprint density at radius 1 is 1.19 bits per heavy atom. The Morgan fingerprint density at radius 3 is 2.85 bits per heavy atom. The van der Waals surface area contributed by atoms with Gasteiger partial charge < -0.3 is 4.98 Å². The van der Waals surface area contributed by atoms with E-state index in [-0.39, 0.29) is 0 Å². The van der Waals surface area contributed by atoms with Crippen LogP contribution in [-0.4, -0.2) is 55.6 Å². The van der Waals surface area contributed by atoms with Gasteiger partial charge in [0.05, 0.1) is 17.7 Å². The smallest absolute Gasteiger partial charge is 0.0925 e. The van der Waals surface area contributed by atoms with E-state index < -0.39 is 0 Å². The second-order valence-corrected chi connectivity index (χ2v) is 8.68. The first-order valence-corrected chi connectivity index (χ1v) is 10.0. The van der Waals surface area contributed by atoms with Crippen molar-refractivity contribution in [2.75, 3.05) is 19.6 Å². The zero-order valence-corrected chi connectivity index (χ0v) is 16.3. The van der Waals surface area contributed by atoms with Crippen molar-refractivity contribution in [2.45, 2.75) is 59.2 Å². The lowest BCUT2D eigenvalue weighted by atomic mass is 9.95.